The summed E-state index contributed by atoms with van der Waals surface area (Å²) in [6.45, 7) is 1.84. The van der Waals surface area contributed by atoms with Crippen LogP contribution in [0.4, 0.5) is 5.69 Å². The highest BCUT2D eigenvalue weighted by atomic mass is 16.5. The number of nitrogens with two attached hydrogens (primary N) is 1. The zero-order valence-electron chi connectivity index (χ0n) is 9.99. The lowest BCUT2D eigenvalue weighted by molar-refractivity contribution is 0.0938. The number of rotatable bonds is 4. The highest BCUT2D eigenvalue weighted by molar-refractivity contribution is 5.98. The zero-order valence-corrected chi connectivity index (χ0v) is 9.99. The van der Waals surface area contributed by atoms with Crippen LogP contribution in [0.5, 0.6) is 5.75 Å². The Morgan fingerprint density at radius 2 is 2.35 bits per heavy atom. The normalized spacial score (nSPS) is 11.4. The lowest BCUT2D eigenvalue weighted by Gasteiger charge is -2.14. The summed E-state index contributed by atoms with van der Waals surface area (Å²) < 4.78 is 5.11. The van der Waals surface area contributed by atoms with Crippen LogP contribution in [-0.2, 0) is 0 Å². The molecule has 4 nitrogen and oxygen atoms in total. The van der Waals surface area contributed by atoms with E-state index < -0.39 is 0 Å². The molecular weight excluding hydrogens is 216 g/mol. The second-order valence-corrected chi connectivity index (χ2v) is 3.71. The van der Waals surface area contributed by atoms with Gasteiger partial charge in [-0.1, -0.05) is 6.07 Å². The van der Waals surface area contributed by atoms with E-state index in [1.165, 1.54) is 7.11 Å². The lowest BCUT2D eigenvalue weighted by Crippen LogP contribution is -2.32. The fraction of sp³-hybridized carbons (Fsp3) is 0.308. The van der Waals surface area contributed by atoms with E-state index in [4.69, 9.17) is 16.9 Å². The molecule has 90 valence electrons. The molecule has 4 heteroatoms. The first kappa shape index (κ1) is 12.9. The van der Waals surface area contributed by atoms with Crippen molar-refractivity contribution in [1.29, 1.82) is 0 Å². The highest BCUT2D eigenvalue weighted by Gasteiger charge is 2.15. The highest BCUT2D eigenvalue weighted by Crippen LogP contribution is 2.25. The van der Waals surface area contributed by atoms with E-state index in [1.807, 2.05) is 6.92 Å². The molecule has 0 spiro atoms. The number of benzene rings is 1. The molecule has 0 aliphatic rings. The van der Waals surface area contributed by atoms with E-state index in [2.05, 4.69) is 11.2 Å². The molecule has 0 bridgehead atoms. The van der Waals surface area contributed by atoms with Crippen LogP contribution in [0, 0.1) is 12.3 Å². The maximum absolute atomic E-state index is 11.9. The molecular formula is C13H16N2O2. The summed E-state index contributed by atoms with van der Waals surface area (Å²) >= 11 is 0. The predicted molar refractivity (Wildman–Crippen MR) is 67.8 cm³/mol. The van der Waals surface area contributed by atoms with Gasteiger partial charge in [0, 0.05) is 12.5 Å². The molecule has 1 aromatic rings. The molecule has 1 atom stereocenters. The Morgan fingerprint density at radius 1 is 1.65 bits per heavy atom. The maximum Gasteiger partial charge on any atom is 0.255 e. The number of ether oxygens (including phenoxy) is 1. The van der Waals surface area contributed by atoms with Crippen molar-refractivity contribution in [3.05, 3.63) is 23.8 Å². The van der Waals surface area contributed by atoms with E-state index in [-0.39, 0.29) is 11.9 Å². The number of terminal acetylenes is 1. The van der Waals surface area contributed by atoms with Crippen molar-refractivity contribution < 1.29 is 9.53 Å². The number of hydrogen-bond donors (Lipinski definition) is 2. The smallest absolute Gasteiger partial charge is 0.255 e. The van der Waals surface area contributed by atoms with Crippen LogP contribution in [0.15, 0.2) is 18.2 Å². The first-order chi connectivity index (χ1) is 8.10. The van der Waals surface area contributed by atoms with E-state index >= 15 is 0 Å². The fourth-order valence-electron chi connectivity index (χ4n) is 1.49. The summed E-state index contributed by atoms with van der Waals surface area (Å²) in [5.74, 6) is 2.64. The second kappa shape index (κ2) is 5.80. The summed E-state index contributed by atoms with van der Waals surface area (Å²) in [4.78, 5) is 11.9. The maximum atomic E-state index is 11.9. The van der Waals surface area contributed by atoms with Gasteiger partial charge in [-0.25, -0.2) is 0 Å². The van der Waals surface area contributed by atoms with Gasteiger partial charge in [0.15, 0.2) is 5.75 Å². The van der Waals surface area contributed by atoms with E-state index in [0.717, 1.165) is 0 Å². The molecule has 0 aliphatic heterocycles. The van der Waals surface area contributed by atoms with Gasteiger partial charge in [0.25, 0.3) is 5.91 Å². The minimum Gasteiger partial charge on any atom is -0.494 e. The number of amides is 1. The third-order valence-corrected chi connectivity index (χ3v) is 2.30. The minimum absolute atomic E-state index is 0.0846. The first-order valence-corrected chi connectivity index (χ1v) is 5.27. The van der Waals surface area contributed by atoms with Gasteiger partial charge in [-0.3, -0.25) is 4.79 Å². The number of hydrogen-bond acceptors (Lipinski definition) is 3. The molecule has 1 rings (SSSR count). The van der Waals surface area contributed by atoms with Gasteiger partial charge in [0.05, 0.1) is 18.4 Å². The van der Waals surface area contributed by atoms with Gasteiger partial charge < -0.3 is 15.8 Å². The molecule has 0 aromatic heterocycles. The topological polar surface area (TPSA) is 64.4 Å². The molecule has 0 saturated heterocycles. The van der Waals surface area contributed by atoms with Gasteiger partial charge in [0.2, 0.25) is 0 Å². The van der Waals surface area contributed by atoms with Crippen LogP contribution in [0.3, 0.4) is 0 Å². The molecule has 1 amide bonds. The molecule has 0 saturated carbocycles. The number of nitrogens with one attached hydrogen (secondary N) is 1. The van der Waals surface area contributed by atoms with E-state index in [9.17, 15) is 4.79 Å². The standard InChI is InChI=1S/C13H16N2O2/c1-4-6-9(2)15-13(16)10-7-5-8-11(14)12(10)17-3/h1,5,7-9H,6,14H2,2-3H3,(H,15,16). The van der Waals surface area contributed by atoms with Gasteiger partial charge >= 0.3 is 0 Å². The van der Waals surface area contributed by atoms with Crippen LogP contribution in [0.1, 0.15) is 23.7 Å². The monoisotopic (exact) mass is 232 g/mol. The average Bonchev–Trinajstić information content (AvgIpc) is 2.28. The number of carbonyl (C=O) groups is 1. The third-order valence-electron chi connectivity index (χ3n) is 2.30. The van der Waals surface area contributed by atoms with Gasteiger partial charge in [-0.15, -0.1) is 12.3 Å². The van der Waals surface area contributed by atoms with E-state index in [1.54, 1.807) is 18.2 Å². The summed E-state index contributed by atoms with van der Waals surface area (Å²) in [7, 11) is 1.48. The quantitative estimate of drug-likeness (QED) is 0.609. The second-order valence-electron chi connectivity index (χ2n) is 3.71. The third kappa shape index (κ3) is 3.15. The minimum atomic E-state index is -0.239. The first-order valence-electron chi connectivity index (χ1n) is 5.27. The van der Waals surface area contributed by atoms with Crippen LogP contribution < -0.4 is 15.8 Å². The van der Waals surface area contributed by atoms with Gasteiger partial charge in [0.1, 0.15) is 0 Å². The van der Waals surface area contributed by atoms with Crippen molar-refractivity contribution in [2.75, 3.05) is 12.8 Å². The van der Waals surface area contributed by atoms with Crippen molar-refractivity contribution in [3.8, 4) is 18.1 Å². The number of methoxy groups -OCH3 is 1. The van der Waals surface area contributed by atoms with Crippen molar-refractivity contribution in [3.63, 3.8) is 0 Å². The van der Waals surface area contributed by atoms with Gasteiger partial charge in [-0.05, 0) is 19.1 Å². The van der Waals surface area contributed by atoms with Crippen molar-refractivity contribution >= 4 is 11.6 Å². The molecule has 0 aliphatic carbocycles. The molecule has 0 heterocycles. The number of para-hydroxylation sites is 1. The summed E-state index contributed by atoms with van der Waals surface area (Å²) in [5.41, 5.74) is 6.57. The Bertz CT molecular complexity index is 449. The van der Waals surface area contributed by atoms with Crippen LogP contribution >= 0.6 is 0 Å². The largest absolute Gasteiger partial charge is 0.494 e. The zero-order chi connectivity index (χ0) is 12.8. The Hall–Kier alpha value is -2.15. The lowest BCUT2D eigenvalue weighted by atomic mass is 10.1. The molecule has 0 fully saturated rings. The molecule has 1 aromatic carbocycles. The molecule has 1 unspecified atom stereocenters. The number of anilines is 1. The van der Waals surface area contributed by atoms with Crippen molar-refractivity contribution in [2.45, 2.75) is 19.4 Å². The molecule has 3 N–H and O–H groups in total. The summed E-state index contributed by atoms with van der Waals surface area (Å²) in [6, 6.07) is 4.96. The fourth-order valence-corrected chi connectivity index (χ4v) is 1.49. The summed E-state index contributed by atoms with van der Waals surface area (Å²) in [5, 5.41) is 2.78. The Morgan fingerprint density at radius 3 is 2.94 bits per heavy atom. The summed E-state index contributed by atoms with van der Waals surface area (Å²) in [6.07, 6.45) is 5.66. The number of nitrogen functional groups attached to an aromatic ring is 1. The van der Waals surface area contributed by atoms with Crippen molar-refractivity contribution in [1.82, 2.24) is 5.32 Å². The van der Waals surface area contributed by atoms with E-state index in [0.29, 0.717) is 23.4 Å². The molecule has 17 heavy (non-hydrogen) atoms. The predicted octanol–water partition coefficient (Wildman–Crippen LogP) is 1.42. The van der Waals surface area contributed by atoms with Crippen LogP contribution in [0.25, 0.3) is 0 Å². The Labute approximate surface area is 101 Å². The molecule has 0 radical (unpaired) electrons. The average molecular weight is 232 g/mol. The SMILES string of the molecule is C#CCC(C)NC(=O)c1cccc(N)c1OC. The number of carbonyl (C=O) groups excluding carboxylic acids is 1. The van der Waals surface area contributed by atoms with Crippen LogP contribution in [-0.4, -0.2) is 19.1 Å². The van der Waals surface area contributed by atoms with Gasteiger partial charge in [-0.2, -0.15) is 0 Å². The Balaban J connectivity index is 2.90. The van der Waals surface area contributed by atoms with Crippen LogP contribution in [0.2, 0.25) is 0 Å². The van der Waals surface area contributed by atoms with Crippen molar-refractivity contribution in [2.24, 2.45) is 0 Å². The Kier molecular flexibility index (Phi) is 4.41.